The summed E-state index contributed by atoms with van der Waals surface area (Å²) in [5.41, 5.74) is 7.14. The second-order valence-electron chi connectivity index (χ2n) is 7.87. The summed E-state index contributed by atoms with van der Waals surface area (Å²) in [6, 6.07) is 6.01. The molecular weight excluding hydrogens is 336 g/mol. The fraction of sp³-hybridized carbons (Fsp3) is 0.364. The molecule has 2 aromatic rings. The van der Waals surface area contributed by atoms with E-state index in [1.165, 1.54) is 16.7 Å². The molecule has 0 radical (unpaired) electrons. The number of nitrogens with one attached hydrogen (secondary N) is 1. The van der Waals surface area contributed by atoms with Gasteiger partial charge in [0.1, 0.15) is 0 Å². The number of nitrogens with zero attached hydrogens (tertiary/aromatic N) is 3. The SMILES string of the molecule is Cc1ccc(NC[C@@H](C)CN(C)C)c2c1CC=C1N=c3cc(O)ncc3=C12. The van der Waals surface area contributed by atoms with Gasteiger partial charge in [0.15, 0.2) is 0 Å². The van der Waals surface area contributed by atoms with Crippen LogP contribution in [0.2, 0.25) is 0 Å². The quantitative estimate of drug-likeness (QED) is 0.854. The Kier molecular flexibility index (Phi) is 4.48. The predicted molar refractivity (Wildman–Crippen MR) is 108 cm³/mol. The summed E-state index contributed by atoms with van der Waals surface area (Å²) in [6.45, 7) is 6.39. The maximum absolute atomic E-state index is 9.72. The van der Waals surface area contributed by atoms with Crippen LogP contribution in [-0.2, 0) is 6.42 Å². The van der Waals surface area contributed by atoms with E-state index in [-0.39, 0.29) is 5.88 Å². The fourth-order valence-electron chi connectivity index (χ4n) is 4.07. The summed E-state index contributed by atoms with van der Waals surface area (Å²) in [5.74, 6) is 0.553. The van der Waals surface area contributed by atoms with Crippen LogP contribution in [-0.4, -0.2) is 42.2 Å². The van der Waals surface area contributed by atoms with Gasteiger partial charge in [-0.2, -0.15) is 0 Å². The standard InChI is InChI=1S/C22H26N4O/c1-13(12-26(3)4)10-23-17-7-5-14(2)15-6-8-18-22(21(15)17)16-11-24-20(27)9-19(16)25-18/h5,7-9,11,13,23,27H,6,10,12H2,1-4H3/t13-/m1/s1. The molecule has 1 aliphatic heterocycles. The first kappa shape index (κ1) is 17.7. The molecule has 5 heteroatoms. The normalized spacial score (nSPS) is 15.6. The topological polar surface area (TPSA) is 60.8 Å². The Hall–Kier alpha value is -2.66. The van der Waals surface area contributed by atoms with E-state index in [9.17, 15) is 5.11 Å². The van der Waals surface area contributed by atoms with Crippen LogP contribution in [0.3, 0.4) is 0 Å². The number of aromatic nitrogens is 1. The minimum absolute atomic E-state index is 0.0117. The van der Waals surface area contributed by atoms with Gasteiger partial charge in [-0.25, -0.2) is 9.98 Å². The molecular formula is C22H26N4O. The van der Waals surface area contributed by atoms with Gasteiger partial charge in [0.2, 0.25) is 5.88 Å². The molecule has 1 aliphatic carbocycles. The number of fused-ring (bicyclic) bond motifs is 4. The van der Waals surface area contributed by atoms with Crippen molar-refractivity contribution in [1.82, 2.24) is 9.88 Å². The number of anilines is 1. The van der Waals surface area contributed by atoms with Crippen LogP contribution in [0.5, 0.6) is 5.88 Å². The Balaban J connectivity index is 1.81. The number of benzene rings is 1. The molecule has 0 spiro atoms. The minimum atomic E-state index is 0.0117. The van der Waals surface area contributed by atoms with Gasteiger partial charge < -0.3 is 15.3 Å². The van der Waals surface area contributed by atoms with Gasteiger partial charge in [-0.1, -0.05) is 19.1 Å². The maximum atomic E-state index is 9.72. The first-order valence-corrected chi connectivity index (χ1v) is 9.44. The van der Waals surface area contributed by atoms with Gasteiger partial charge >= 0.3 is 0 Å². The number of pyridine rings is 1. The fourth-order valence-corrected chi connectivity index (χ4v) is 4.07. The van der Waals surface area contributed by atoms with E-state index >= 15 is 0 Å². The van der Waals surface area contributed by atoms with Crippen molar-refractivity contribution < 1.29 is 5.11 Å². The smallest absolute Gasteiger partial charge is 0.212 e. The van der Waals surface area contributed by atoms with E-state index in [2.05, 4.69) is 61.4 Å². The van der Waals surface area contributed by atoms with Crippen molar-refractivity contribution in [2.24, 2.45) is 10.9 Å². The highest BCUT2D eigenvalue weighted by molar-refractivity contribution is 5.90. The molecule has 140 valence electrons. The van der Waals surface area contributed by atoms with Gasteiger partial charge in [-0.15, -0.1) is 0 Å². The zero-order chi connectivity index (χ0) is 19.1. The predicted octanol–water partition coefficient (Wildman–Crippen LogP) is 1.98. The first-order chi connectivity index (χ1) is 12.9. The van der Waals surface area contributed by atoms with E-state index in [1.807, 2.05) is 0 Å². The lowest BCUT2D eigenvalue weighted by Gasteiger charge is -2.24. The largest absolute Gasteiger partial charge is 0.493 e. The second-order valence-corrected chi connectivity index (χ2v) is 7.87. The number of rotatable bonds is 5. The van der Waals surface area contributed by atoms with Gasteiger partial charge in [0, 0.05) is 47.4 Å². The van der Waals surface area contributed by atoms with Crippen LogP contribution in [0.15, 0.2) is 41.2 Å². The van der Waals surface area contributed by atoms with E-state index in [0.29, 0.717) is 5.92 Å². The summed E-state index contributed by atoms with van der Waals surface area (Å²) >= 11 is 0. The van der Waals surface area contributed by atoms with Crippen molar-refractivity contribution >= 4 is 11.3 Å². The van der Waals surface area contributed by atoms with Crippen LogP contribution in [0.4, 0.5) is 5.69 Å². The Labute approximate surface area is 159 Å². The van der Waals surface area contributed by atoms with Gasteiger partial charge in [0.05, 0.1) is 11.1 Å². The lowest BCUT2D eigenvalue weighted by molar-refractivity contribution is 0.347. The maximum Gasteiger partial charge on any atom is 0.212 e. The van der Waals surface area contributed by atoms with Crippen LogP contribution < -0.4 is 15.9 Å². The summed E-state index contributed by atoms with van der Waals surface area (Å²) in [4.78, 5) is 11.0. The average molecular weight is 362 g/mol. The Morgan fingerprint density at radius 1 is 1.30 bits per heavy atom. The average Bonchev–Trinajstić information content (AvgIpc) is 2.98. The lowest BCUT2D eigenvalue weighted by atomic mass is 9.86. The van der Waals surface area contributed by atoms with Crippen LogP contribution >= 0.6 is 0 Å². The van der Waals surface area contributed by atoms with Crippen molar-refractivity contribution in [2.75, 3.05) is 32.5 Å². The summed E-state index contributed by atoms with van der Waals surface area (Å²) in [7, 11) is 4.22. The molecule has 1 aromatic carbocycles. The van der Waals surface area contributed by atoms with Gasteiger partial charge in [-0.05, 0) is 50.6 Å². The molecule has 2 heterocycles. The van der Waals surface area contributed by atoms with Crippen LogP contribution in [0, 0.1) is 12.8 Å². The number of aromatic hydroxyl groups is 1. The molecule has 0 unspecified atom stereocenters. The second kappa shape index (κ2) is 6.82. The number of hydrogen-bond donors (Lipinski definition) is 2. The summed E-state index contributed by atoms with van der Waals surface area (Å²) in [6.07, 6.45) is 4.79. The third kappa shape index (κ3) is 3.23. The van der Waals surface area contributed by atoms with Crippen molar-refractivity contribution in [3.05, 3.63) is 63.4 Å². The molecule has 2 N–H and O–H groups in total. The molecule has 0 saturated carbocycles. The van der Waals surface area contributed by atoms with E-state index in [0.717, 1.165) is 47.0 Å². The minimum Gasteiger partial charge on any atom is -0.493 e. The molecule has 1 atom stereocenters. The van der Waals surface area contributed by atoms with Crippen LogP contribution in [0.25, 0.3) is 5.57 Å². The summed E-state index contributed by atoms with van der Waals surface area (Å²) < 4.78 is 0. The lowest BCUT2D eigenvalue weighted by Crippen LogP contribution is -2.26. The Bertz CT molecular complexity index is 1050. The number of hydrogen-bond acceptors (Lipinski definition) is 5. The van der Waals surface area contributed by atoms with E-state index in [4.69, 9.17) is 4.99 Å². The van der Waals surface area contributed by atoms with Gasteiger partial charge in [-0.3, -0.25) is 0 Å². The number of allylic oxidation sites excluding steroid dienone is 2. The highest BCUT2D eigenvalue weighted by Gasteiger charge is 2.25. The monoisotopic (exact) mass is 362 g/mol. The molecule has 5 nitrogen and oxygen atoms in total. The van der Waals surface area contributed by atoms with Crippen molar-refractivity contribution in [1.29, 1.82) is 0 Å². The molecule has 0 fully saturated rings. The van der Waals surface area contributed by atoms with Crippen LogP contribution in [0.1, 0.15) is 23.6 Å². The zero-order valence-corrected chi connectivity index (χ0v) is 16.4. The van der Waals surface area contributed by atoms with E-state index in [1.54, 1.807) is 12.3 Å². The number of aryl methyl sites for hydroxylation is 1. The molecule has 1 aromatic heterocycles. The van der Waals surface area contributed by atoms with Crippen molar-refractivity contribution in [2.45, 2.75) is 20.3 Å². The first-order valence-electron chi connectivity index (χ1n) is 9.44. The molecule has 2 aliphatic rings. The highest BCUT2D eigenvalue weighted by atomic mass is 16.3. The molecule has 0 saturated heterocycles. The third-order valence-electron chi connectivity index (χ3n) is 5.25. The summed E-state index contributed by atoms with van der Waals surface area (Å²) in [5, 5.41) is 15.2. The van der Waals surface area contributed by atoms with Crippen molar-refractivity contribution in [3.63, 3.8) is 0 Å². The molecule has 27 heavy (non-hydrogen) atoms. The Morgan fingerprint density at radius 2 is 2.11 bits per heavy atom. The molecule has 0 amide bonds. The zero-order valence-electron chi connectivity index (χ0n) is 16.4. The van der Waals surface area contributed by atoms with E-state index < -0.39 is 0 Å². The third-order valence-corrected chi connectivity index (χ3v) is 5.25. The molecule has 4 rings (SSSR count). The molecule has 0 bridgehead atoms. The van der Waals surface area contributed by atoms with Crippen molar-refractivity contribution in [3.8, 4) is 5.88 Å². The Morgan fingerprint density at radius 3 is 2.89 bits per heavy atom. The van der Waals surface area contributed by atoms with Gasteiger partial charge in [0.25, 0.3) is 0 Å². The highest BCUT2D eigenvalue weighted by Crippen LogP contribution is 2.38.